The summed E-state index contributed by atoms with van der Waals surface area (Å²) in [5.41, 5.74) is 5.93. The quantitative estimate of drug-likeness (QED) is 0.474. The van der Waals surface area contributed by atoms with E-state index in [0.717, 1.165) is 69.6 Å². The van der Waals surface area contributed by atoms with Crippen molar-refractivity contribution in [3.63, 3.8) is 0 Å². The molecular formula is C21H20BrN5O. The van der Waals surface area contributed by atoms with Crippen LogP contribution in [0.25, 0.3) is 33.4 Å². The molecule has 1 unspecified atom stereocenters. The van der Waals surface area contributed by atoms with Crippen LogP contribution < -0.4 is 0 Å². The third-order valence-corrected chi connectivity index (χ3v) is 5.78. The Morgan fingerprint density at radius 2 is 2.14 bits per heavy atom. The number of hydrogen-bond acceptors (Lipinski definition) is 4. The lowest BCUT2D eigenvalue weighted by molar-refractivity contribution is -0.0383. The summed E-state index contributed by atoms with van der Waals surface area (Å²) in [6.45, 7) is 2.78. The normalized spacial score (nSPS) is 17.3. The molecule has 4 aromatic rings. The molecule has 28 heavy (non-hydrogen) atoms. The van der Waals surface area contributed by atoms with Crippen molar-refractivity contribution in [3.05, 3.63) is 52.9 Å². The number of fused-ring (bicyclic) bond motifs is 1. The SMILES string of the molecule is Cc1cccc(-c2c(-c3ccc4n[nH]c(Br)c4c3)cnn2C2CCCCO2)n1. The van der Waals surface area contributed by atoms with Gasteiger partial charge in [0.25, 0.3) is 0 Å². The van der Waals surface area contributed by atoms with Gasteiger partial charge in [-0.15, -0.1) is 0 Å². The van der Waals surface area contributed by atoms with Gasteiger partial charge in [-0.3, -0.25) is 10.1 Å². The second-order valence-corrected chi connectivity index (χ2v) is 7.90. The Kier molecular flexibility index (Phi) is 4.49. The average molecular weight is 438 g/mol. The first-order chi connectivity index (χ1) is 13.7. The Morgan fingerprint density at radius 3 is 2.96 bits per heavy atom. The molecular weight excluding hydrogens is 418 g/mol. The van der Waals surface area contributed by atoms with Gasteiger partial charge in [0.2, 0.25) is 0 Å². The van der Waals surface area contributed by atoms with Crippen LogP contribution in [-0.4, -0.2) is 31.6 Å². The van der Waals surface area contributed by atoms with E-state index in [2.05, 4.69) is 38.3 Å². The monoisotopic (exact) mass is 437 g/mol. The number of aromatic amines is 1. The first-order valence-corrected chi connectivity index (χ1v) is 10.3. The van der Waals surface area contributed by atoms with E-state index in [1.165, 1.54) is 0 Å². The number of halogens is 1. The summed E-state index contributed by atoms with van der Waals surface area (Å²) < 4.78 is 8.91. The largest absolute Gasteiger partial charge is 0.356 e. The zero-order valence-corrected chi connectivity index (χ0v) is 17.1. The molecule has 5 rings (SSSR count). The van der Waals surface area contributed by atoms with Crippen molar-refractivity contribution in [1.29, 1.82) is 0 Å². The van der Waals surface area contributed by atoms with Crippen LogP contribution in [0.3, 0.4) is 0 Å². The predicted octanol–water partition coefficient (Wildman–Crippen LogP) is 5.26. The summed E-state index contributed by atoms with van der Waals surface area (Å²) >= 11 is 3.54. The van der Waals surface area contributed by atoms with Gasteiger partial charge in [0.05, 0.1) is 23.1 Å². The highest BCUT2D eigenvalue weighted by Gasteiger charge is 2.24. The number of hydrogen-bond donors (Lipinski definition) is 1. The van der Waals surface area contributed by atoms with E-state index in [9.17, 15) is 0 Å². The van der Waals surface area contributed by atoms with Crippen LogP contribution in [0, 0.1) is 6.92 Å². The minimum atomic E-state index is -0.0517. The van der Waals surface area contributed by atoms with E-state index in [1.54, 1.807) is 0 Å². The summed E-state index contributed by atoms with van der Waals surface area (Å²) in [6, 6.07) is 12.3. The van der Waals surface area contributed by atoms with E-state index >= 15 is 0 Å². The molecule has 1 N–H and O–H groups in total. The highest BCUT2D eigenvalue weighted by Crippen LogP contribution is 2.37. The van der Waals surface area contributed by atoms with Crippen LogP contribution >= 0.6 is 15.9 Å². The first-order valence-electron chi connectivity index (χ1n) is 9.48. The standard InChI is InChI=1S/C21H20BrN5O/c1-13-5-4-6-18(24-13)20-16(12-23-27(20)19-7-2-3-10-28-19)14-8-9-17-15(11-14)21(22)26-25-17/h4-6,8-9,11-12,19H,2-3,7,10H2,1H3,(H,25,26). The Bertz CT molecular complexity index is 1140. The second-order valence-electron chi connectivity index (χ2n) is 7.11. The maximum atomic E-state index is 6.03. The maximum absolute atomic E-state index is 6.03. The van der Waals surface area contributed by atoms with Crippen molar-refractivity contribution in [2.24, 2.45) is 0 Å². The highest BCUT2D eigenvalue weighted by atomic mass is 79.9. The van der Waals surface area contributed by atoms with Gasteiger partial charge in [-0.05, 0) is 71.9 Å². The van der Waals surface area contributed by atoms with Gasteiger partial charge in [0, 0.05) is 23.3 Å². The fraction of sp³-hybridized carbons (Fsp3) is 0.286. The fourth-order valence-corrected chi connectivity index (χ4v) is 4.19. The number of pyridine rings is 1. The highest BCUT2D eigenvalue weighted by molar-refractivity contribution is 9.10. The summed E-state index contributed by atoms with van der Waals surface area (Å²) in [6.07, 6.45) is 5.09. The van der Waals surface area contributed by atoms with Crippen molar-refractivity contribution in [2.45, 2.75) is 32.4 Å². The molecule has 6 nitrogen and oxygen atoms in total. The van der Waals surface area contributed by atoms with E-state index in [-0.39, 0.29) is 6.23 Å². The minimum Gasteiger partial charge on any atom is -0.356 e. The number of H-pyrrole nitrogens is 1. The van der Waals surface area contributed by atoms with Crippen molar-refractivity contribution >= 4 is 26.8 Å². The molecule has 0 aliphatic carbocycles. The molecule has 0 spiro atoms. The number of nitrogens with zero attached hydrogens (tertiary/aromatic N) is 4. The van der Waals surface area contributed by atoms with Crippen LogP contribution in [0.4, 0.5) is 0 Å². The predicted molar refractivity (Wildman–Crippen MR) is 112 cm³/mol. The van der Waals surface area contributed by atoms with E-state index in [4.69, 9.17) is 14.8 Å². The lowest BCUT2D eigenvalue weighted by Gasteiger charge is -2.24. The van der Waals surface area contributed by atoms with Crippen molar-refractivity contribution in [2.75, 3.05) is 6.61 Å². The van der Waals surface area contributed by atoms with Crippen LogP contribution in [0.5, 0.6) is 0 Å². The number of aryl methyl sites for hydroxylation is 1. The van der Waals surface area contributed by atoms with Gasteiger partial charge in [-0.1, -0.05) is 12.1 Å². The zero-order valence-electron chi connectivity index (χ0n) is 15.5. The van der Waals surface area contributed by atoms with Gasteiger partial charge in [-0.2, -0.15) is 10.2 Å². The molecule has 1 atom stereocenters. The molecule has 1 fully saturated rings. The zero-order chi connectivity index (χ0) is 19.1. The van der Waals surface area contributed by atoms with Crippen LogP contribution in [0.2, 0.25) is 0 Å². The number of rotatable bonds is 3. The number of ether oxygens (including phenoxy) is 1. The molecule has 4 heterocycles. The lowest BCUT2D eigenvalue weighted by atomic mass is 10.0. The second kappa shape index (κ2) is 7.14. The van der Waals surface area contributed by atoms with E-state index in [0.29, 0.717) is 0 Å². The third-order valence-electron chi connectivity index (χ3n) is 5.17. The van der Waals surface area contributed by atoms with Gasteiger partial charge < -0.3 is 4.74 Å². The molecule has 0 radical (unpaired) electrons. The van der Waals surface area contributed by atoms with Gasteiger partial charge in [0.1, 0.15) is 4.60 Å². The molecule has 0 amide bonds. The third kappa shape index (κ3) is 3.04. The molecule has 0 saturated carbocycles. The lowest BCUT2D eigenvalue weighted by Crippen LogP contribution is -2.20. The van der Waals surface area contributed by atoms with E-state index in [1.807, 2.05) is 42.1 Å². The summed E-state index contributed by atoms with van der Waals surface area (Å²) in [5, 5.41) is 13.1. The van der Waals surface area contributed by atoms with Crippen molar-refractivity contribution in [1.82, 2.24) is 25.0 Å². The number of nitrogens with one attached hydrogen (secondary N) is 1. The maximum Gasteiger partial charge on any atom is 0.150 e. The summed E-state index contributed by atoms with van der Waals surface area (Å²) in [4.78, 5) is 4.78. The Balaban J connectivity index is 1.70. The topological polar surface area (TPSA) is 68.6 Å². The molecule has 1 saturated heterocycles. The van der Waals surface area contributed by atoms with Gasteiger partial charge in [-0.25, -0.2) is 4.68 Å². The molecule has 1 aliphatic rings. The van der Waals surface area contributed by atoms with E-state index < -0.39 is 0 Å². The number of aromatic nitrogens is 5. The first kappa shape index (κ1) is 17.6. The minimum absolute atomic E-state index is 0.0517. The molecule has 1 aliphatic heterocycles. The van der Waals surface area contributed by atoms with Crippen LogP contribution in [-0.2, 0) is 4.74 Å². The Labute approximate surface area is 171 Å². The Hall–Kier alpha value is -2.51. The number of benzene rings is 1. The van der Waals surface area contributed by atoms with Gasteiger partial charge >= 0.3 is 0 Å². The van der Waals surface area contributed by atoms with Crippen molar-refractivity contribution in [3.8, 4) is 22.5 Å². The molecule has 7 heteroatoms. The fourth-order valence-electron chi connectivity index (χ4n) is 3.79. The molecule has 1 aromatic carbocycles. The van der Waals surface area contributed by atoms with Crippen LogP contribution in [0.15, 0.2) is 47.2 Å². The summed E-state index contributed by atoms with van der Waals surface area (Å²) in [5.74, 6) is 0. The van der Waals surface area contributed by atoms with Crippen molar-refractivity contribution < 1.29 is 4.74 Å². The Morgan fingerprint density at radius 1 is 1.21 bits per heavy atom. The average Bonchev–Trinajstić information content (AvgIpc) is 3.33. The molecule has 3 aromatic heterocycles. The molecule has 0 bridgehead atoms. The smallest absolute Gasteiger partial charge is 0.150 e. The molecule has 142 valence electrons. The summed E-state index contributed by atoms with van der Waals surface area (Å²) in [7, 11) is 0. The van der Waals surface area contributed by atoms with Gasteiger partial charge in [0.15, 0.2) is 6.23 Å². The van der Waals surface area contributed by atoms with Crippen LogP contribution in [0.1, 0.15) is 31.2 Å².